The van der Waals surface area contributed by atoms with Crippen molar-refractivity contribution in [2.75, 3.05) is 13.2 Å². The molecule has 0 radical (unpaired) electrons. The second kappa shape index (κ2) is 5.97. The van der Waals surface area contributed by atoms with Gasteiger partial charge in [0, 0.05) is 6.54 Å². The van der Waals surface area contributed by atoms with E-state index in [-0.39, 0.29) is 10.7 Å². The van der Waals surface area contributed by atoms with Gasteiger partial charge in [-0.25, -0.2) is 8.51 Å². The molecule has 0 fully saturated rings. The van der Waals surface area contributed by atoms with Crippen molar-refractivity contribution in [2.24, 2.45) is 0 Å². The predicted octanol–water partition coefficient (Wildman–Crippen LogP) is 2.03. The second-order valence-corrected chi connectivity index (χ2v) is 7.68. The molecule has 0 aromatic heterocycles. The fraction of sp³-hybridized carbons (Fsp3) is 0.769. The minimum Gasteiger partial charge on any atom is -0.465 e. The Balaban J connectivity index is 2.93. The van der Waals surface area contributed by atoms with E-state index in [2.05, 4.69) is 0 Å². The van der Waals surface area contributed by atoms with Crippen LogP contribution in [0.4, 0.5) is 0 Å². The summed E-state index contributed by atoms with van der Waals surface area (Å²) >= 11 is 0. The Labute approximate surface area is 112 Å². The number of hydrogen-bond acceptors (Lipinski definition) is 3. The zero-order valence-electron chi connectivity index (χ0n) is 11.9. The SMILES string of the molecule is CCOC(=O)[C@@H]1CC(C)=CCN1S(=O)C(C)(C)C. The lowest BCUT2D eigenvalue weighted by atomic mass is 10.0. The van der Waals surface area contributed by atoms with E-state index in [1.807, 2.05) is 33.8 Å². The van der Waals surface area contributed by atoms with E-state index >= 15 is 0 Å². The average molecular weight is 273 g/mol. The van der Waals surface area contributed by atoms with Gasteiger partial charge in [0.1, 0.15) is 17.0 Å². The van der Waals surface area contributed by atoms with Crippen molar-refractivity contribution < 1.29 is 13.7 Å². The zero-order valence-corrected chi connectivity index (χ0v) is 12.7. The van der Waals surface area contributed by atoms with E-state index in [0.29, 0.717) is 19.6 Å². The van der Waals surface area contributed by atoms with Crippen LogP contribution in [0.5, 0.6) is 0 Å². The van der Waals surface area contributed by atoms with Gasteiger partial charge in [0.05, 0.1) is 11.4 Å². The highest BCUT2D eigenvalue weighted by Gasteiger charge is 2.37. The highest BCUT2D eigenvalue weighted by molar-refractivity contribution is 7.84. The van der Waals surface area contributed by atoms with E-state index < -0.39 is 17.0 Å². The van der Waals surface area contributed by atoms with Crippen molar-refractivity contribution in [1.29, 1.82) is 0 Å². The first kappa shape index (κ1) is 15.4. The number of rotatable bonds is 3. The van der Waals surface area contributed by atoms with Crippen LogP contribution in [0.25, 0.3) is 0 Å². The van der Waals surface area contributed by atoms with Crippen LogP contribution in [0, 0.1) is 0 Å². The van der Waals surface area contributed by atoms with Crippen LogP contribution in [0.3, 0.4) is 0 Å². The molecule has 0 aromatic carbocycles. The van der Waals surface area contributed by atoms with Crippen molar-refractivity contribution in [2.45, 2.75) is 51.8 Å². The lowest BCUT2D eigenvalue weighted by molar-refractivity contribution is -0.147. The monoisotopic (exact) mass is 273 g/mol. The number of nitrogens with zero attached hydrogens (tertiary/aromatic N) is 1. The molecular formula is C13H23NO3S. The van der Waals surface area contributed by atoms with Crippen LogP contribution in [0.2, 0.25) is 0 Å². The molecule has 0 amide bonds. The summed E-state index contributed by atoms with van der Waals surface area (Å²) in [6, 6.07) is -0.421. The summed E-state index contributed by atoms with van der Waals surface area (Å²) in [6.45, 7) is 10.4. The van der Waals surface area contributed by atoms with Gasteiger partial charge in [-0.2, -0.15) is 0 Å². The Bertz CT molecular complexity index is 371. The Morgan fingerprint density at radius 3 is 2.67 bits per heavy atom. The first-order chi connectivity index (χ1) is 8.27. The van der Waals surface area contributed by atoms with Gasteiger partial charge in [-0.3, -0.25) is 4.79 Å². The fourth-order valence-electron chi connectivity index (χ4n) is 1.84. The van der Waals surface area contributed by atoms with Gasteiger partial charge in [-0.1, -0.05) is 11.6 Å². The maximum Gasteiger partial charge on any atom is 0.324 e. The minimum absolute atomic E-state index is 0.275. The topological polar surface area (TPSA) is 46.6 Å². The summed E-state index contributed by atoms with van der Waals surface area (Å²) in [5, 5.41) is 0. The summed E-state index contributed by atoms with van der Waals surface area (Å²) in [5.41, 5.74) is 1.15. The van der Waals surface area contributed by atoms with Gasteiger partial charge in [0.2, 0.25) is 0 Å². The Morgan fingerprint density at radius 2 is 2.17 bits per heavy atom. The molecule has 18 heavy (non-hydrogen) atoms. The molecule has 1 aliphatic rings. The molecule has 0 aromatic rings. The number of hydrogen-bond donors (Lipinski definition) is 0. The van der Waals surface area contributed by atoms with Crippen LogP contribution in [-0.4, -0.2) is 38.4 Å². The number of carbonyl (C=O) groups excluding carboxylic acids is 1. The summed E-state index contributed by atoms with van der Waals surface area (Å²) in [4.78, 5) is 12.0. The van der Waals surface area contributed by atoms with Crippen molar-refractivity contribution in [3.05, 3.63) is 11.6 Å². The molecule has 104 valence electrons. The molecular weight excluding hydrogens is 250 g/mol. The highest BCUT2D eigenvalue weighted by Crippen LogP contribution is 2.25. The van der Waals surface area contributed by atoms with E-state index in [1.54, 1.807) is 11.2 Å². The minimum atomic E-state index is -1.21. The third kappa shape index (κ3) is 3.65. The molecule has 1 unspecified atom stereocenters. The standard InChI is InChI=1S/C13H23NO3S/c1-6-17-12(15)11-9-10(2)7-8-14(11)18(16)13(3,4)5/h7,11H,6,8-9H2,1-5H3/t11-,18?/m0/s1. The highest BCUT2D eigenvalue weighted by atomic mass is 32.2. The first-order valence-electron chi connectivity index (χ1n) is 6.28. The number of carbonyl (C=O) groups is 1. The van der Waals surface area contributed by atoms with Crippen molar-refractivity contribution in [1.82, 2.24) is 4.31 Å². The van der Waals surface area contributed by atoms with Crippen LogP contribution in [0.15, 0.2) is 11.6 Å². The maximum atomic E-state index is 12.4. The summed E-state index contributed by atoms with van der Waals surface area (Å²) in [6.07, 6.45) is 2.63. The van der Waals surface area contributed by atoms with Gasteiger partial charge in [0.15, 0.2) is 0 Å². The molecule has 1 rings (SSSR count). The molecule has 4 nitrogen and oxygen atoms in total. The largest absolute Gasteiger partial charge is 0.465 e. The Hall–Kier alpha value is -0.680. The third-order valence-electron chi connectivity index (χ3n) is 2.78. The molecule has 5 heteroatoms. The molecule has 0 spiro atoms. The molecule has 0 saturated carbocycles. The smallest absolute Gasteiger partial charge is 0.324 e. The fourth-order valence-corrected chi connectivity index (χ4v) is 3.14. The quantitative estimate of drug-likeness (QED) is 0.584. The maximum absolute atomic E-state index is 12.4. The van der Waals surface area contributed by atoms with Crippen LogP contribution in [-0.2, 0) is 20.5 Å². The van der Waals surface area contributed by atoms with Gasteiger partial charge < -0.3 is 4.74 Å². The van der Waals surface area contributed by atoms with Crippen LogP contribution in [0.1, 0.15) is 41.0 Å². The Morgan fingerprint density at radius 1 is 1.56 bits per heavy atom. The molecule has 0 saturated heterocycles. The summed E-state index contributed by atoms with van der Waals surface area (Å²) < 4.78 is 18.9. The zero-order chi connectivity index (χ0) is 13.9. The van der Waals surface area contributed by atoms with Gasteiger partial charge in [-0.05, 0) is 41.0 Å². The molecule has 1 heterocycles. The Kier molecular flexibility index (Phi) is 5.10. The van der Waals surface area contributed by atoms with Crippen LogP contribution >= 0.6 is 0 Å². The van der Waals surface area contributed by atoms with Crippen LogP contribution < -0.4 is 0 Å². The van der Waals surface area contributed by atoms with Gasteiger partial charge in [-0.15, -0.1) is 0 Å². The van der Waals surface area contributed by atoms with E-state index in [1.165, 1.54) is 0 Å². The molecule has 0 aliphatic carbocycles. The average Bonchev–Trinajstić information content (AvgIpc) is 2.27. The molecule has 2 atom stereocenters. The molecule has 0 bridgehead atoms. The predicted molar refractivity (Wildman–Crippen MR) is 73.4 cm³/mol. The van der Waals surface area contributed by atoms with Gasteiger partial charge in [0.25, 0.3) is 0 Å². The molecule has 1 aliphatic heterocycles. The van der Waals surface area contributed by atoms with Crippen molar-refractivity contribution in [3.8, 4) is 0 Å². The van der Waals surface area contributed by atoms with Crippen molar-refractivity contribution in [3.63, 3.8) is 0 Å². The lowest BCUT2D eigenvalue weighted by Crippen LogP contribution is -2.49. The number of ether oxygens (including phenoxy) is 1. The summed E-state index contributed by atoms with van der Waals surface area (Å²) in [5.74, 6) is -0.275. The normalized spacial score (nSPS) is 23.4. The number of esters is 1. The molecule has 0 N–H and O–H groups in total. The van der Waals surface area contributed by atoms with Gasteiger partial charge >= 0.3 is 5.97 Å². The lowest BCUT2D eigenvalue weighted by Gasteiger charge is -2.35. The third-order valence-corrected chi connectivity index (χ3v) is 4.66. The first-order valence-corrected chi connectivity index (χ1v) is 7.39. The second-order valence-electron chi connectivity index (χ2n) is 5.48. The van der Waals surface area contributed by atoms with E-state index in [0.717, 1.165) is 5.57 Å². The van der Waals surface area contributed by atoms with E-state index in [4.69, 9.17) is 4.74 Å². The van der Waals surface area contributed by atoms with Crippen molar-refractivity contribution >= 4 is 17.0 Å². The summed E-state index contributed by atoms with van der Waals surface area (Å²) in [7, 11) is -1.21. The van der Waals surface area contributed by atoms with E-state index in [9.17, 15) is 9.00 Å².